The molecule has 2 N–H and O–H groups in total. The van der Waals surface area contributed by atoms with Crippen LogP contribution in [0.25, 0.3) is 0 Å². The molecule has 0 aromatic carbocycles. The van der Waals surface area contributed by atoms with Gasteiger partial charge in [0.2, 0.25) is 10.0 Å². The summed E-state index contributed by atoms with van der Waals surface area (Å²) in [4.78, 5) is 10.7. The van der Waals surface area contributed by atoms with E-state index in [4.69, 9.17) is 9.63 Å². The molecule has 7 nitrogen and oxygen atoms in total. The van der Waals surface area contributed by atoms with Crippen molar-refractivity contribution in [1.82, 2.24) is 9.88 Å². The summed E-state index contributed by atoms with van der Waals surface area (Å²) in [6.07, 6.45) is 0.173. The fourth-order valence-corrected chi connectivity index (χ4v) is 2.56. The van der Waals surface area contributed by atoms with E-state index in [9.17, 15) is 13.2 Å². The molecule has 0 saturated heterocycles. The van der Waals surface area contributed by atoms with E-state index in [-0.39, 0.29) is 12.1 Å². The Labute approximate surface area is 98.9 Å². The molecule has 0 fully saturated rings. The summed E-state index contributed by atoms with van der Waals surface area (Å²) in [5, 5.41) is 12.3. The van der Waals surface area contributed by atoms with Gasteiger partial charge in [-0.3, -0.25) is 4.79 Å². The van der Waals surface area contributed by atoms with E-state index in [2.05, 4.69) is 9.88 Å². The lowest BCUT2D eigenvalue weighted by Crippen LogP contribution is -2.40. The molecule has 0 aliphatic carbocycles. The topological polar surface area (TPSA) is 110 Å². The zero-order valence-electron chi connectivity index (χ0n) is 9.50. The standard InChI is InChI=1S/C9H14N2O5S/c1-3-8(9(12)13)11-17(14,15)5-7-4-6(2)16-10-7/h4,8,11H,3,5H2,1-2H3,(H,12,13). The van der Waals surface area contributed by atoms with Gasteiger partial charge in [-0.2, -0.15) is 0 Å². The Kier molecular flexibility index (Phi) is 4.24. The lowest BCUT2D eigenvalue weighted by atomic mass is 10.2. The van der Waals surface area contributed by atoms with Crippen molar-refractivity contribution < 1.29 is 22.8 Å². The van der Waals surface area contributed by atoms with Gasteiger partial charge in [-0.05, 0) is 13.3 Å². The van der Waals surface area contributed by atoms with Crippen LogP contribution < -0.4 is 4.72 Å². The van der Waals surface area contributed by atoms with Crippen molar-refractivity contribution in [2.75, 3.05) is 0 Å². The molecule has 1 aromatic heterocycles. The van der Waals surface area contributed by atoms with Crippen LogP contribution in [0, 0.1) is 6.92 Å². The number of nitrogens with one attached hydrogen (secondary N) is 1. The summed E-state index contributed by atoms with van der Waals surface area (Å²) in [6.45, 7) is 3.23. The summed E-state index contributed by atoms with van der Waals surface area (Å²) < 4.78 is 30.1. The summed E-state index contributed by atoms with van der Waals surface area (Å²) in [5.41, 5.74) is 0.246. The van der Waals surface area contributed by atoms with Gasteiger partial charge in [-0.25, -0.2) is 13.1 Å². The van der Waals surface area contributed by atoms with Crippen molar-refractivity contribution in [2.24, 2.45) is 0 Å². The largest absolute Gasteiger partial charge is 0.480 e. The normalized spacial score (nSPS) is 13.5. The first kappa shape index (κ1) is 13.7. The van der Waals surface area contributed by atoms with Crippen LogP contribution in [0.3, 0.4) is 0 Å². The maximum Gasteiger partial charge on any atom is 0.321 e. The monoisotopic (exact) mass is 262 g/mol. The molecular formula is C9H14N2O5S. The number of nitrogens with zero attached hydrogens (tertiary/aromatic N) is 1. The van der Waals surface area contributed by atoms with Crippen LogP contribution in [-0.4, -0.2) is 30.7 Å². The van der Waals surface area contributed by atoms with Gasteiger partial charge in [0.1, 0.15) is 23.2 Å². The second kappa shape index (κ2) is 5.28. The molecule has 1 aromatic rings. The Balaban J connectivity index is 2.72. The van der Waals surface area contributed by atoms with Crippen LogP contribution in [0.4, 0.5) is 0 Å². The smallest absolute Gasteiger partial charge is 0.321 e. The minimum atomic E-state index is -3.73. The lowest BCUT2D eigenvalue weighted by Gasteiger charge is -2.11. The molecule has 0 amide bonds. The molecule has 1 rings (SSSR count). The summed E-state index contributed by atoms with van der Waals surface area (Å²) in [5.74, 6) is -1.10. The fraction of sp³-hybridized carbons (Fsp3) is 0.556. The quantitative estimate of drug-likeness (QED) is 0.761. The number of rotatable bonds is 6. The van der Waals surface area contributed by atoms with Crippen LogP contribution in [-0.2, 0) is 20.6 Å². The van der Waals surface area contributed by atoms with E-state index in [1.807, 2.05) is 0 Å². The molecule has 0 bridgehead atoms. The maximum absolute atomic E-state index is 11.6. The number of carboxylic acids is 1. The number of aryl methyl sites for hydroxylation is 1. The van der Waals surface area contributed by atoms with Crippen molar-refractivity contribution in [3.63, 3.8) is 0 Å². The van der Waals surface area contributed by atoms with Crippen LogP contribution in [0.2, 0.25) is 0 Å². The average Bonchev–Trinajstić information content (AvgIpc) is 2.59. The highest BCUT2D eigenvalue weighted by atomic mass is 32.2. The Morgan fingerprint density at radius 2 is 2.29 bits per heavy atom. The molecule has 1 heterocycles. The Morgan fingerprint density at radius 3 is 2.71 bits per heavy atom. The van der Waals surface area contributed by atoms with Crippen molar-refractivity contribution in [2.45, 2.75) is 32.1 Å². The SMILES string of the molecule is CCC(NS(=O)(=O)Cc1cc(C)on1)C(=O)O. The third-order valence-corrected chi connectivity index (χ3v) is 3.36. The zero-order chi connectivity index (χ0) is 13.1. The van der Waals surface area contributed by atoms with Gasteiger partial charge in [0.15, 0.2) is 0 Å². The molecule has 17 heavy (non-hydrogen) atoms. The molecule has 0 saturated carbocycles. The van der Waals surface area contributed by atoms with Crippen LogP contribution in [0.5, 0.6) is 0 Å². The van der Waals surface area contributed by atoms with E-state index >= 15 is 0 Å². The number of aliphatic carboxylic acids is 1. The number of hydrogen-bond acceptors (Lipinski definition) is 5. The minimum absolute atomic E-state index is 0.173. The highest BCUT2D eigenvalue weighted by Gasteiger charge is 2.23. The summed E-state index contributed by atoms with van der Waals surface area (Å²) in [7, 11) is -3.73. The predicted octanol–water partition coefficient (Wildman–Crippen LogP) is 0.266. The Morgan fingerprint density at radius 1 is 1.65 bits per heavy atom. The van der Waals surface area contributed by atoms with Crippen molar-refractivity contribution >= 4 is 16.0 Å². The van der Waals surface area contributed by atoms with Gasteiger partial charge in [0.25, 0.3) is 0 Å². The van der Waals surface area contributed by atoms with Crippen molar-refractivity contribution in [3.8, 4) is 0 Å². The lowest BCUT2D eigenvalue weighted by molar-refractivity contribution is -0.139. The van der Waals surface area contributed by atoms with Crippen molar-refractivity contribution in [1.29, 1.82) is 0 Å². The van der Waals surface area contributed by atoms with Crippen LogP contribution in [0.1, 0.15) is 24.8 Å². The molecule has 1 unspecified atom stereocenters. The Bertz CT molecular complexity index is 493. The third kappa shape index (κ3) is 4.16. The molecular weight excluding hydrogens is 248 g/mol. The van der Waals surface area contributed by atoms with Crippen molar-refractivity contribution in [3.05, 3.63) is 17.5 Å². The molecule has 8 heteroatoms. The van der Waals surface area contributed by atoms with Gasteiger partial charge in [-0.1, -0.05) is 12.1 Å². The minimum Gasteiger partial charge on any atom is -0.480 e. The first-order valence-electron chi connectivity index (χ1n) is 4.99. The molecule has 96 valence electrons. The van der Waals surface area contributed by atoms with E-state index in [0.29, 0.717) is 5.76 Å². The molecule has 0 aliphatic heterocycles. The number of carboxylic acid groups (broad SMARTS) is 1. The van der Waals surface area contributed by atoms with Gasteiger partial charge < -0.3 is 9.63 Å². The average molecular weight is 262 g/mol. The second-order valence-corrected chi connectivity index (χ2v) is 5.36. The molecule has 1 atom stereocenters. The van der Waals surface area contributed by atoms with Gasteiger partial charge in [-0.15, -0.1) is 0 Å². The molecule has 0 aliphatic rings. The fourth-order valence-electron chi connectivity index (χ4n) is 1.25. The first-order valence-corrected chi connectivity index (χ1v) is 6.64. The maximum atomic E-state index is 11.6. The number of sulfonamides is 1. The first-order chi connectivity index (χ1) is 7.84. The van der Waals surface area contributed by atoms with Gasteiger partial charge in [0, 0.05) is 6.07 Å². The molecule has 0 spiro atoms. The number of aromatic nitrogens is 1. The van der Waals surface area contributed by atoms with Crippen LogP contribution >= 0.6 is 0 Å². The summed E-state index contributed by atoms with van der Waals surface area (Å²) >= 11 is 0. The molecule has 0 radical (unpaired) electrons. The number of carbonyl (C=O) groups is 1. The third-order valence-electron chi connectivity index (χ3n) is 2.04. The predicted molar refractivity (Wildman–Crippen MR) is 58.7 cm³/mol. The second-order valence-electron chi connectivity index (χ2n) is 3.60. The zero-order valence-corrected chi connectivity index (χ0v) is 10.3. The van der Waals surface area contributed by atoms with E-state index < -0.39 is 27.8 Å². The Hall–Kier alpha value is -1.41. The van der Waals surface area contributed by atoms with E-state index in [1.54, 1.807) is 13.8 Å². The summed E-state index contributed by atoms with van der Waals surface area (Å²) in [6, 6.07) is 0.369. The van der Waals surface area contributed by atoms with Gasteiger partial charge >= 0.3 is 5.97 Å². The number of hydrogen-bond donors (Lipinski definition) is 2. The van der Waals surface area contributed by atoms with E-state index in [0.717, 1.165) is 0 Å². The van der Waals surface area contributed by atoms with Crippen LogP contribution in [0.15, 0.2) is 10.6 Å². The highest BCUT2D eigenvalue weighted by Crippen LogP contribution is 2.06. The highest BCUT2D eigenvalue weighted by molar-refractivity contribution is 7.88. The van der Waals surface area contributed by atoms with Gasteiger partial charge in [0.05, 0.1) is 0 Å². The van der Waals surface area contributed by atoms with E-state index in [1.165, 1.54) is 6.07 Å².